The van der Waals surface area contributed by atoms with Gasteiger partial charge >= 0.3 is 6.03 Å². The van der Waals surface area contributed by atoms with E-state index in [1.165, 1.54) is 7.11 Å². The zero-order chi connectivity index (χ0) is 12.4. The number of amides is 2. The monoisotopic (exact) mass is 234 g/mol. The third-order valence-electron chi connectivity index (χ3n) is 1.92. The van der Waals surface area contributed by atoms with Gasteiger partial charge in [-0.15, -0.1) is 0 Å². The molecule has 0 saturated carbocycles. The van der Waals surface area contributed by atoms with Crippen molar-refractivity contribution in [3.05, 3.63) is 0 Å². The third kappa shape index (κ3) is 6.60. The van der Waals surface area contributed by atoms with E-state index < -0.39 is 12.3 Å². The van der Waals surface area contributed by atoms with Crippen LogP contribution in [0, 0.1) is 0 Å². The SMILES string of the molecule is CCCCON(CC(OC)OCC)C(N)=O. The Morgan fingerprint density at radius 1 is 1.44 bits per heavy atom. The normalized spacial score (nSPS) is 12.4. The number of nitrogens with two attached hydrogens (primary N) is 1. The van der Waals surface area contributed by atoms with Crippen molar-refractivity contribution in [2.24, 2.45) is 5.73 Å². The van der Waals surface area contributed by atoms with Gasteiger partial charge in [-0.3, -0.25) is 4.84 Å². The molecule has 6 nitrogen and oxygen atoms in total. The topological polar surface area (TPSA) is 74.0 Å². The van der Waals surface area contributed by atoms with Crippen molar-refractivity contribution in [3.8, 4) is 0 Å². The molecule has 0 bridgehead atoms. The first kappa shape index (κ1) is 15.2. The predicted molar refractivity (Wildman–Crippen MR) is 59.6 cm³/mol. The van der Waals surface area contributed by atoms with Crippen molar-refractivity contribution in [1.82, 2.24) is 5.06 Å². The molecule has 1 unspecified atom stereocenters. The summed E-state index contributed by atoms with van der Waals surface area (Å²) in [6.07, 6.45) is 1.35. The fourth-order valence-electron chi connectivity index (χ4n) is 1.04. The second-order valence-electron chi connectivity index (χ2n) is 3.21. The zero-order valence-corrected chi connectivity index (χ0v) is 10.3. The van der Waals surface area contributed by atoms with Crippen LogP contribution >= 0.6 is 0 Å². The van der Waals surface area contributed by atoms with Crippen LogP contribution in [0.15, 0.2) is 0 Å². The molecule has 0 aliphatic carbocycles. The van der Waals surface area contributed by atoms with Crippen LogP contribution in [0.5, 0.6) is 0 Å². The molecule has 0 aliphatic rings. The van der Waals surface area contributed by atoms with Gasteiger partial charge in [-0.2, -0.15) is 5.06 Å². The number of hydrogen-bond acceptors (Lipinski definition) is 4. The highest BCUT2D eigenvalue weighted by molar-refractivity contribution is 5.70. The van der Waals surface area contributed by atoms with E-state index in [9.17, 15) is 4.79 Å². The average Bonchev–Trinajstić information content (AvgIpc) is 2.26. The van der Waals surface area contributed by atoms with E-state index in [0.717, 1.165) is 17.9 Å². The molecule has 0 aromatic carbocycles. The Labute approximate surface area is 96.6 Å². The van der Waals surface area contributed by atoms with Crippen molar-refractivity contribution in [2.75, 3.05) is 26.9 Å². The molecule has 6 heteroatoms. The lowest BCUT2D eigenvalue weighted by molar-refractivity contribution is -0.191. The maximum absolute atomic E-state index is 11.1. The van der Waals surface area contributed by atoms with Gasteiger partial charge in [-0.25, -0.2) is 4.79 Å². The summed E-state index contributed by atoms with van der Waals surface area (Å²) in [7, 11) is 1.51. The lowest BCUT2D eigenvalue weighted by atomic mass is 10.4. The van der Waals surface area contributed by atoms with Crippen LogP contribution in [0.2, 0.25) is 0 Å². The average molecular weight is 234 g/mol. The minimum atomic E-state index is -0.641. The van der Waals surface area contributed by atoms with Gasteiger partial charge in [0.2, 0.25) is 0 Å². The molecule has 2 amide bonds. The van der Waals surface area contributed by atoms with Gasteiger partial charge in [-0.05, 0) is 13.3 Å². The van der Waals surface area contributed by atoms with Crippen molar-refractivity contribution in [1.29, 1.82) is 0 Å². The molecule has 0 rings (SSSR count). The number of rotatable bonds is 9. The van der Waals surface area contributed by atoms with E-state index in [1.807, 2.05) is 13.8 Å². The first-order valence-electron chi connectivity index (χ1n) is 5.49. The Bertz CT molecular complexity index is 190. The Kier molecular flexibility index (Phi) is 8.88. The Hall–Kier alpha value is -0.850. The molecule has 0 fully saturated rings. The van der Waals surface area contributed by atoms with Gasteiger partial charge in [-0.1, -0.05) is 13.3 Å². The van der Waals surface area contributed by atoms with Crippen LogP contribution in [0.4, 0.5) is 4.79 Å². The van der Waals surface area contributed by atoms with Crippen molar-refractivity contribution < 1.29 is 19.1 Å². The van der Waals surface area contributed by atoms with Crippen LogP contribution in [0.25, 0.3) is 0 Å². The van der Waals surface area contributed by atoms with Crippen molar-refractivity contribution in [2.45, 2.75) is 33.0 Å². The van der Waals surface area contributed by atoms with Gasteiger partial charge in [0.1, 0.15) is 6.54 Å². The molecule has 0 aromatic rings. The quantitative estimate of drug-likeness (QED) is 0.368. The summed E-state index contributed by atoms with van der Waals surface area (Å²) in [6, 6.07) is -0.641. The summed E-state index contributed by atoms with van der Waals surface area (Å²) in [4.78, 5) is 16.3. The summed E-state index contributed by atoms with van der Waals surface area (Å²) in [5.74, 6) is 0. The molecular weight excluding hydrogens is 212 g/mol. The van der Waals surface area contributed by atoms with E-state index in [4.69, 9.17) is 20.0 Å². The molecule has 0 spiro atoms. The minimum absolute atomic E-state index is 0.170. The molecule has 0 heterocycles. The summed E-state index contributed by atoms with van der Waals surface area (Å²) < 4.78 is 10.3. The molecule has 16 heavy (non-hydrogen) atoms. The van der Waals surface area contributed by atoms with Crippen molar-refractivity contribution >= 4 is 6.03 Å². The summed E-state index contributed by atoms with van der Waals surface area (Å²) >= 11 is 0. The first-order valence-corrected chi connectivity index (χ1v) is 5.49. The Morgan fingerprint density at radius 2 is 2.12 bits per heavy atom. The number of carbonyl (C=O) groups is 1. The number of methoxy groups -OCH3 is 1. The second-order valence-corrected chi connectivity index (χ2v) is 3.21. The number of carbonyl (C=O) groups excluding carboxylic acids is 1. The smallest absolute Gasteiger partial charge is 0.338 e. The lowest BCUT2D eigenvalue weighted by Gasteiger charge is -2.24. The highest BCUT2D eigenvalue weighted by atomic mass is 16.7. The number of urea groups is 1. The van der Waals surface area contributed by atoms with E-state index in [2.05, 4.69) is 0 Å². The van der Waals surface area contributed by atoms with Gasteiger partial charge in [0.05, 0.1) is 6.61 Å². The summed E-state index contributed by atoms with van der Waals surface area (Å²) in [6.45, 7) is 5.01. The predicted octanol–water partition coefficient (Wildman–Crippen LogP) is 1.11. The molecule has 0 aliphatic heterocycles. The number of nitrogens with zero attached hydrogens (tertiary/aromatic N) is 1. The second kappa shape index (κ2) is 9.38. The lowest BCUT2D eigenvalue weighted by Crippen LogP contribution is -2.42. The van der Waals surface area contributed by atoms with E-state index in [0.29, 0.717) is 13.2 Å². The summed E-state index contributed by atoms with van der Waals surface area (Å²) in [5, 5.41) is 1.07. The molecule has 0 radical (unpaired) electrons. The molecule has 0 saturated heterocycles. The number of unbranched alkanes of at least 4 members (excludes halogenated alkanes) is 1. The van der Waals surface area contributed by atoms with Gasteiger partial charge in [0, 0.05) is 13.7 Å². The van der Waals surface area contributed by atoms with E-state index in [1.54, 1.807) is 0 Å². The number of hydroxylamine groups is 2. The first-order chi connectivity index (χ1) is 7.65. The van der Waals surface area contributed by atoms with E-state index in [-0.39, 0.29) is 6.54 Å². The van der Waals surface area contributed by atoms with Crippen LogP contribution in [-0.4, -0.2) is 44.3 Å². The largest absolute Gasteiger partial charge is 0.354 e. The maximum Gasteiger partial charge on any atom is 0.338 e. The van der Waals surface area contributed by atoms with Crippen LogP contribution in [-0.2, 0) is 14.3 Å². The third-order valence-corrected chi connectivity index (χ3v) is 1.92. The zero-order valence-electron chi connectivity index (χ0n) is 10.3. The number of primary amides is 1. The van der Waals surface area contributed by atoms with Crippen molar-refractivity contribution in [3.63, 3.8) is 0 Å². The Balaban J connectivity index is 4.04. The van der Waals surface area contributed by atoms with Crippen LogP contribution in [0.1, 0.15) is 26.7 Å². The molecule has 96 valence electrons. The van der Waals surface area contributed by atoms with Gasteiger partial charge in [0.25, 0.3) is 0 Å². The van der Waals surface area contributed by atoms with Crippen LogP contribution < -0.4 is 5.73 Å². The van der Waals surface area contributed by atoms with Gasteiger partial charge < -0.3 is 15.2 Å². The maximum atomic E-state index is 11.1. The summed E-state index contributed by atoms with van der Waals surface area (Å²) in [5.41, 5.74) is 5.17. The molecule has 0 aromatic heterocycles. The van der Waals surface area contributed by atoms with Gasteiger partial charge in [0.15, 0.2) is 6.29 Å². The van der Waals surface area contributed by atoms with E-state index >= 15 is 0 Å². The molecule has 2 N–H and O–H groups in total. The standard InChI is InChI=1S/C10H22N2O4/c1-4-6-7-16-12(10(11)13)8-9(14-3)15-5-2/h9H,4-8H2,1-3H3,(H2,11,13). The molecule has 1 atom stereocenters. The number of ether oxygens (including phenoxy) is 2. The Morgan fingerprint density at radius 3 is 2.56 bits per heavy atom. The highest BCUT2D eigenvalue weighted by Gasteiger charge is 2.17. The molecular formula is C10H22N2O4. The highest BCUT2D eigenvalue weighted by Crippen LogP contribution is 2.01. The minimum Gasteiger partial charge on any atom is -0.354 e. The fourth-order valence-corrected chi connectivity index (χ4v) is 1.04. The fraction of sp³-hybridized carbons (Fsp3) is 0.900. The van der Waals surface area contributed by atoms with Crippen LogP contribution in [0.3, 0.4) is 0 Å². The number of hydrogen-bond donors (Lipinski definition) is 1.